The van der Waals surface area contributed by atoms with Gasteiger partial charge in [-0.3, -0.25) is 9.21 Å². The number of nitrogens with zero attached hydrogens (tertiary/aromatic N) is 1. The van der Waals surface area contributed by atoms with Gasteiger partial charge in [0.2, 0.25) is 0 Å². The molecule has 1 amide bonds. The van der Waals surface area contributed by atoms with Crippen LogP contribution >= 0.6 is 11.8 Å². The van der Waals surface area contributed by atoms with E-state index in [1.54, 1.807) is 12.1 Å². The second kappa shape index (κ2) is 5.02. The van der Waals surface area contributed by atoms with E-state index in [1.165, 1.54) is 7.05 Å². The van der Waals surface area contributed by atoms with Crippen molar-refractivity contribution in [3.05, 3.63) is 60.2 Å². The number of carbonyl (C=O) groups excluding carboxylic acids is 1. The van der Waals surface area contributed by atoms with Gasteiger partial charge in [0.1, 0.15) is 0 Å². The lowest BCUT2D eigenvalue weighted by Gasteiger charge is -2.07. The Morgan fingerprint density at radius 3 is 2.00 bits per heavy atom. The van der Waals surface area contributed by atoms with Crippen LogP contribution in [-0.2, 0) is 0 Å². The molecule has 0 N–H and O–H groups in total. The Balaban J connectivity index is 2.28. The molecule has 0 aliphatic carbocycles. The van der Waals surface area contributed by atoms with Crippen molar-refractivity contribution in [2.75, 3.05) is 7.05 Å². The van der Waals surface area contributed by atoms with Crippen molar-refractivity contribution >= 4 is 17.7 Å². The summed E-state index contributed by atoms with van der Waals surface area (Å²) in [6.07, 6.45) is 0. The molecule has 17 heavy (non-hydrogen) atoms. The van der Waals surface area contributed by atoms with Gasteiger partial charge in [-0.25, -0.2) is 0 Å². The maximum atomic E-state index is 11.6. The average molecular weight is 246 g/mol. The largest absolute Gasteiger partial charge is 0.268 e. The van der Waals surface area contributed by atoms with E-state index in [1.807, 2.05) is 42.5 Å². The summed E-state index contributed by atoms with van der Waals surface area (Å²) in [6.45, 7) is 0. The lowest BCUT2D eigenvalue weighted by atomic mass is 10.0. The number of hydrogen-bond acceptors (Lipinski definition) is 1. The van der Waals surface area contributed by atoms with Crippen LogP contribution in [0, 0.1) is 0 Å². The van der Waals surface area contributed by atoms with E-state index in [4.69, 9.17) is 11.8 Å². The Hall–Kier alpha value is -1.80. The van der Waals surface area contributed by atoms with E-state index in [2.05, 4.69) is 0 Å². The number of carbonyl (C=O) groups is 1. The zero-order valence-corrected chi connectivity index (χ0v) is 10.2. The summed E-state index contributed by atoms with van der Waals surface area (Å²) in [6, 6.07) is 17.4. The van der Waals surface area contributed by atoms with Gasteiger partial charge < -0.3 is 0 Å². The Morgan fingerprint density at radius 2 is 1.47 bits per heavy atom. The minimum Gasteiger partial charge on any atom is -0.268 e. The summed E-state index contributed by atoms with van der Waals surface area (Å²) in [7, 11) is 1.52. The molecule has 2 aromatic carbocycles. The monoisotopic (exact) mass is 245 g/mol. The highest BCUT2D eigenvalue weighted by atomic mass is 35.5. The van der Waals surface area contributed by atoms with Crippen LogP contribution in [0.15, 0.2) is 54.6 Å². The van der Waals surface area contributed by atoms with Gasteiger partial charge in [0.25, 0.3) is 5.91 Å². The fraction of sp³-hybridized carbons (Fsp3) is 0.0714. The number of benzene rings is 2. The van der Waals surface area contributed by atoms with Gasteiger partial charge >= 0.3 is 0 Å². The van der Waals surface area contributed by atoms with Crippen molar-refractivity contribution in [1.82, 2.24) is 4.42 Å². The number of halogens is 1. The van der Waals surface area contributed by atoms with Gasteiger partial charge in [0.15, 0.2) is 0 Å². The molecule has 0 saturated heterocycles. The zero-order chi connectivity index (χ0) is 12.3. The highest BCUT2D eigenvalue weighted by Gasteiger charge is 2.08. The Bertz CT molecular complexity index is 506. The molecule has 0 aliphatic rings. The van der Waals surface area contributed by atoms with Gasteiger partial charge in [-0.05, 0) is 23.3 Å². The summed E-state index contributed by atoms with van der Waals surface area (Å²) in [4.78, 5) is 11.6. The molecule has 0 unspecified atom stereocenters. The van der Waals surface area contributed by atoms with E-state index >= 15 is 0 Å². The van der Waals surface area contributed by atoms with Crippen LogP contribution in [0.4, 0.5) is 0 Å². The summed E-state index contributed by atoms with van der Waals surface area (Å²) >= 11 is 5.60. The fourth-order valence-corrected chi connectivity index (χ4v) is 1.71. The Kier molecular flexibility index (Phi) is 3.45. The molecule has 0 radical (unpaired) electrons. The molecule has 0 heterocycles. The summed E-state index contributed by atoms with van der Waals surface area (Å²) in [5.41, 5.74) is 2.80. The molecule has 86 valence electrons. The average Bonchev–Trinajstić information content (AvgIpc) is 2.39. The molecule has 0 fully saturated rings. The third-order valence-corrected chi connectivity index (χ3v) is 2.67. The van der Waals surface area contributed by atoms with Gasteiger partial charge in [-0.15, -0.1) is 0 Å². The van der Waals surface area contributed by atoms with Gasteiger partial charge in [0.05, 0.1) is 0 Å². The van der Waals surface area contributed by atoms with Crippen LogP contribution in [-0.4, -0.2) is 17.4 Å². The van der Waals surface area contributed by atoms with Gasteiger partial charge in [-0.2, -0.15) is 0 Å². The first-order valence-corrected chi connectivity index (χ1v) is 5.61. The lowest BCUT2D eigenvalue weighted by Crippen LogP contribution is -2.15. The standard InChI is InChI=1S/C14H12ClNO/c1-16(15)14(17)13-9-7-12(8-10-13)11-5-3-2-4-6-11/h2-10H,1H3. The van der Waals surface area contributed by atoms with Crippen molar-refractivity contribution in [3.8, 4) is 11.1 Å². The second-order valence-corrected chi connectivity index (χ2v) is 4.23. The molecule has 0 saturated carbocycles. The maximum Gasteiger partial charge on any atom is 0.267 e. The predicted molar refractivity (Wildman–Crippen MR) is 69.8 cm³/mol. The SMILES string of the molecule is CN(Cl)C(=O)c1ccc(-c2ccccc2)cc1. The first-order chi connectivity index (χ1) is 8.18. The summed E-state index contributed by atoms with van der Waals surface area (Å²) < 4.78 is 1.05. The Morgan fingerprint density at radius 1 is 0.941 bits per heavy atom. The van der Waals surface area contributed by atoms with E-state index in [0.717, 1.165) is 15.5 Å². The molecule has 2 rings (SSSR count). The third-order valence-electron chi connectivity index (χ3n) is 2.52. The molecule has 2 nitrogen and oxygen atoms in total. The van der Waals surface area contributed by atoms with Crippen molar-refractivity contribution in [2.24, 2.45) is 0 Å². The van der Waals surface area contributed by atoms with Crippen LogP contribution in [0.1, 0.15) is 10.4 Å². The first-order valence-electron chi connectivity index (χ1n) is 5.28. The number of hydrogen-bond donors (Lipinski definition) is 0. The topological polar surface area (TPSA) is 20.3 Å². The van der Waals surface area contributed by atoms with E-state index in [-0.39, 0.29) is 5.91 Å². The molecule has 3 heteroatoms. The molecule has 0 bridgehead atoms. The normalized spacial score (nSPS) is 10.0. The molecule has 2 aromatic rings. The molecule has 0 aliphatic heterocycles. The minimum atomic E-state index is -0.203. The van der Waals surface area contributed by atoms with Crippen LogP contribution in [0.5, 0.6) is 0 Å². The van der Waals surface area contributed by atoms with Crippen LogP contribution in [0.3, 0.4) is 0 Å². The van der Waals surface area contributed by atoms with Crippen LogP contribution in [0.2, 0.25) is 0 Å². The molecule has 0 aromatic heterocycles. The zero-order valence-electron chi connectivity index (χ0n) is 9.43. The van der Waals surface area contributed by atoms with Crippen molar-refractivity contribution < 1.29 is 4.79 Å². The minimum absolute atomic E-state index is 0.203. The first kappa shape index (κ1) is 11.7. The van der Waals surface area contributed by atoms with Crippen molar-refractivity contribution in [2.45, 2.75) is 0 Å². The van der Waals surface area contributed by atoms with Gasteiger partial charge in [-0.1, -0.05) is 42.5 Å². The van der Waals surface area contributed by atoms with Crippen molar-refractivity contribution in [1.29, 1.82) is 0 Å². The Labute approximate surface area is 106 Å². The highest BCUT2D eigenvalue weighted by Crippen LogP contribution is 2.19. The van der Waals surface area contributed by atoms with Crippen molar-refractivity contribution in [3.63, 3.8) is 0 Å². The lowest BCUT2D eigenvalue weighted by molar-refractivity contribution is 0.0885. The predicted octanol–water partition coefficient (Wildman–Crippen LogP) is 3.58. The van der Waals surface area contributed by atoms with E-state index < -0.39 is 0 Å². The molecule has 0 spiro atoms. The molecular weight excluding hydrogens is 234 g/mol. The quantitative estimate of drug-likeness (QED) is 0.741. The third kappa shape index (κ3) is 2.66. The van der Waals surface area contributed by atoms with E-state index in [0.29, 0.717) is 5.56 Å². The molecular formula is C14H12ClNO. The maximum absolute atomic E-state index is 11.6. The summed E-state index contributed by atoms with van der Waals surface area (Å²) in [5.74, 6) is -0.203. The second-order valence-electron chi connectivity index (χ2n) is 3.73. The number of rotatable bonds is 2. The van der Waals surface area contributed by atoms with Crippen LogP contribution < -0.4 is 0 Å². The summed E-state index contributed by atoms with van der Waals surface area (Å²) in [5, 5.41) is 0. The molecule has 0 atom stereocenters. The highest BCUT2D eigenvalue weighted by molar-refractivity contribution is 6.23. The smallest absolute Gasteiger partial charge is 0.267 e. The van der Waals surface area contributed by atoms with Gasteiger partial charge in [0, 0.05) is 24.4 Å². The fourth-order valence-electron chi connectivity index (χ4n) is 1.61. The van der Waals surface area contributed by atoms with E-state index in [9.17, 15) is 4.79 Å². The van der Waals surface area contributed by atoms with Crippen LogP contribution in [0.25, 0.3) is 11.1 Å². The number of amides is 1.